The fourth-order valence-corrected chi connectivity index (χ4v) is 25.1. The molecule has 4 bridgehead atoms. The number of halogens is 6. The van der Waals surface area contributed by atoms with Gasteiger partial charge in [-0.2, -0.15) is 0 Å². The van der Waals surface area contributed by atoms with Crippen molar-refractivity contribution in [3.8, 4) is 17.2 Å². The van der Waals surface area contributed by atoms with E-state index in [-0.39, 0.29) is 40.3 Å². The summed E-state index contributed by atoms with van der Waals surface area (Å²) >= 11 is -5.31. The molecular weight excluding hydrogens is 1800 g/mol. The summed E-state index contributed by atoms with van der Waals surface area (Å²) in [6, 6.07) is 52.7. The molecule has 0 radical (unpaired) electrons. The molecule has 4 saturated carbocycles. The Morgan fingerprint density at radius 2 is 0.789 bits per heavy atom. The van der Waals surface area contributed by atoms with E-state index in [0.717, 1.165) is 76.9 Å². The van der Waals surface area contributed by atoms with E-state index in [0.29, 0.717) is 22.7 Å². The monoisotopic (exact) mass is 1930 g/mol. The van der Waals surface area contributed by atoms with Gasteiger partial charge in [0, 0.05) is 33.7 Å². The van der Waals surface area contributed by atoms with E-state index in [1.54, 1.807) is 12.1 Å². The third-order valence-corrected chi connectivity index (χ3v) is 29.0. The summed E-state index contributed by atoms with van der Waals surface area (Å²) in [5, 5.41) is 0. The van der Waals surface area contributed by atoms with E-state index in [1.165, 1.54) is 107 Å². The van der Waals surface area contributed by atoms with Crippen molar-refractivity contribution in [1.29, 1.82) is 0 Å². The first-order valence-electron chi connectivity index (χ1n) is 41.7. The minimum absolute atomic E-state index is 0.0779. The summed E-state index contributed by atoms with van der Waals surface area (Å²) in [5.74, 6) is 7.68. The van der Waals surface area contributed by atoms with Crippen LogP contribution >= 0.6 is 58.1 Å². The summed E-state index contributed by atoms with van der Waals surface area (Å²) in [4.78, 5) is 7.89. The van der Waals surface area contributed by atoms with E-state index in [4.69, 9.17) is 72.4 Å². The van der Waals surface area contributed by atoms with Crippen LogP contribution in [0.3, 0.4) is 0 Å². The normalized spacial score (nSPS) is 22.8. The molecule has 4 aliphatic carbocycles. The molecule has 14 rings (SSSR count). The number of ether oxygens (including phenoxy) is 3. The van der Waals surface area contributed by atoms with E-state index in [1.807, 2.05) is 128 Å². The van der Waals surface area contributed by atoms with Crippen LogP contribution in [0.5, 0.6) is 17.2 Å². The summed E-state index contributed by atoms with van der Waals surface area (Å²) < 4.78 is 22.5. The molecule has 114 heavy (non-hydrogen) atoms. The van der Waals surface area contributed by atoms with Crippen molar-refractivity contribution in [2.24, 2.45) is 34.5 Å². The van der Waals surface area contributed by atoms with Crippen LogP contribution in [0.4, 0.5) is 17.1 Å². The smallest absolute Gasteiger partial charge is 0.0145 e. The Morgan fingerprint density at radius 1 is 0.421 bits per heavy atom. The van der Waals surface area contributed by atoms with Crippen molar-refractivity contribution in [1.82, 2.24) is 0 Å². The van der Waals surface area contributed by atoms with Gasteiger partial charge in [-0.15, -0.1) is 16.2 Å². The fourth-order valence-electron chi connectivity index (χ4n) is 19.7. The van der Waals surface area contributed by atoms with Gasteiger partial charge in [0.05, 0.1) is 0 Å². The topological polar surface area (TPSA) is 37.4 Å². The Labute approximate surface area is 731 Å². The van der Waals surface area contributed by atoms with Crippen LogP contribution in [-0.2, 0) is 58.8 Å². The molecular formula is C99H136Cl6N3O3Ru3-3. The van der Waals surface area contributed by atoms with Crippen molar-refractivity contribution in [2.45, 2.75) is 295 Å². The van der Waals surface area contributed by atoms with Crippen LogP contribution < -0.4 is 28.9 Å². The zero-order valence-corrected chi connectivity index (χ0v) is 82.7. The van der Waals surface area contributed by atoms with Crippen molar-refractivity contribution in [3.05, 3.63) is 232 Å². The van der Waals surface area contributed by atoms with Gasteiger partial charge in [-0.05, 0) is 171 Å². The maximum absolute atomic E-state index is 5.82. The summed E-state index contributed by atoms with van der Waals surface area (Å²) in [7, 11) is 34.9. The first-order valence-corrected chi connectivity index (χ1v) is 58.1. The number of benzene rings is 7. The second-order valence-corrected chi connectivity index (χ2v) is 53.8. The SMILES string of the molecule is CC(C)Oc1ccccc1[CH]=[Ru]([Cl])[Cl].CC(C)Oc1ccccc1[CH]=[Ru]([Cl])[Cl].CC(C)Oc1ccccc1[CH]=[Ru]([Cl])[Cl].CCCC1(C)[CH-]N(c2c(C(C)C)cccc2C(C)C)C(C)(C)C1.CCc1cccc(CC)c1N1[CH-]C2(CC1(C)C)C1CC3CC(C1)CC2C3.Cc1cc(C)c(N2[CH-]C(C)(c3ccccc3)CC2(C)C)c(C)c1. The van der Waals surface area contributed by atoms with Gasteiger partial charge in [0.2, 0.25) is 0 Å². The summed E-state index contributed by atoms with van der Waals surface area (Å²) in [5.41, 5.74) is 20.3. The Balaban J connectivity index is 0.000000175. The zero-order chi connectivity index (χ0) is 84.0. The number of nitrogens with zero attached hydrogens (tertiary/aromatic N) is 3. The molecule has 7 aromatic rings. The van der Waals surface area contributed by atoms with Crippen LogP contribution in [0.1, 0.15) is 283 Å². The Bertz CT molecular complexity index is 4110. The third-order valence-electron chi connectivity index (χ3n) is 23.5. The molecule has 7 aromatic carbocycles. The van der Waals surface area contributed by atoms with Crippen molar-refractivity contribution in [2.75, 3.05) is 14.7 Å². The van der Waals surface area contributed by atoms with E-state index < -0.39 is 40.6 Å². The largest absolute Gasteiger partial charge is 0.517 e. The minimum atomic E-state index is -1.77. The van der Waals surface area contributed by atoms with E-state index in [9.17, 15) is 0 Å². The van der Waals surface area contributed by atoms with Crippen LogP contribution in [0.15, 0.2) is 152 Å². The molecule has 15 heteroatoms. The number of hydrogen-bond acceptors (Lipinski definition) is 6. The second kappa shape index (κ2) is 42.4. The fraction of sp³-hybridized carbons (Fsp3) is 0.515. The van der Waals surface area contributed by atoms with Crippen LogP contribution in [0.25, 0.3) is 0 Å². The molecule has 7 fully saturated rings. The van der Waals surface area contributed by atoms with Gasteiger partial charge < -0.3 is 14.7 Å². The third kappa shape index (κ3) is 25.4. The van der Waals surface area contributed by atoms with Gasteiger partial charge in [0.1, 0.15) is 0 Å². The second-order valence-electron chi connectivity index (χ2n) is 36.6. The number of anilines is 3. The van der Waals surface area contributed by atoms with Gasteiger partial charge in [0.15, 0.2) is 0 Å². The average Bonchev–Trinajstić information content (AvgIpc) is 1.50. The first kappa shape index (κ1) is 96.0. The van der Waals surface area contributed by atoms with Crippen molar-refractivity contribution in [3.63, 3.8) is 0 Å². The van der Waals surface area contributed by atoms with Gasteiger partial charge in [-0.25, -0.2) is 19.6 Å². The molecule has 3 saturated heterocycles. The minimum Gasteiger partial charge on any atom is -0.517 e. The number of aryl methyl sites for hydroxylation is 5. The van der Waals surface area contributed by atoms with Crippen LogP contribution in [-0.4, -0.2) is 48.8 Å². The maximum atomic E-state index is 5.82. The van der Waals surface area contributed by atoms with E-state index in [2.05, 4.69) is 238 Å². The molecule has 3 heterocycles. The van der Waals surface area contributed by atoms with E-state index >= 15 is 0 Å². The molecule has 0 aromatic heterocycles. The van der Waals surface area contributed by atoms with Gasteiger partial charge in [-0.3, -0.25) is 0 Å². The number of para-hydroxylation sites is 5. The number of rotatable bonds is 19. The molecule has 1 spiro atoms. The quantitative estimate of drug-likeness (QED) is 0.0593. The Morgan fingerprint density at radius 3 is 1.18 bits per heavy atom. The Hall–Kier alpha value is -3.44. The van der Waals surface area contributed by atoms with Crippen molar-refractivity contribution < 1.29 is 54.8 Å². The van der Waals surface area contributed by atoms with Gasteiger partial charge in [0.25, 0.3) is 0 Å². The van der Waals surface area contributed by atoms with Crippen LogP contribution in [0.2, 0.25) is 0 Å². The number of hydrogen-bond donors (Lipinski definition) is 0. The van der Waals surface area contributed by atoms with Gasteiger partial charge >= 0.3 is 293 Å². The predicted molar refractivity (Wildman–Crippen MR) is 490 cm³/mol. The molecule has 7 aliphatic rings. The van der Waals surface area contributed by atoms with Crippen molar-refractivity contribution >= 4 is 89.0 Å². The maximum Gasteiger partial charge on any atom is 0.0145 e. The molecule has 0 N–H and O–H groups in total. The zero-order valence-electron chi connectivity index (χ0n) is 73.0. The molecule has 0 amide bonds. The Kier molecular flexibility index (Phi) is 35.7. The molecule has 634 valence electrons. The first-order chi connectivity index (χ1) is 53.6. The van der Waals surface area contributed by atoms with Gasteiger partial charge in [-0.1, -0.05) is 190 Å². The van der Waals surface area contributed by atoms with Crippen LogP contribution in [0, 0.1) is 74.9 Å². The molecule has 2 atom stereocenters. The molecule has 3 aliphatic heterocycles. The molecule has 2 unspecified atom stereocenters. The molecule has 6 nitrogen and oxygen atoms in total. The summed E-state index contributed by atoms with van der Waals surface area (Å²) in [6.07, 6.45) is 16.6. The summed E-state index contributed by atoms with van der Waals surface area (Å²) in [6.45, 7) is 61.9. The standard InChI is InChI=1S/C25H36N.C22H28N.C22H36N.3C10H12O.6ClH.3Ru/c1-5-19-8-7-9-20(6-2)23(19)26-16-25(15-24(26,3)4)21-11-17-10-18(13-21)14-22(25)12-17;1-16-12-17(2)20(18(3)13-16)23-15-22(6,14-21(23,4)5)19-10-8-7-9-11-19;1-9-13-22(8)14-21(6,7)23(15-22)20-18(16(2)3)11-10-12-19(20)17(4)5;3*1-8(2)11-10-7-5-4-6-9(10)3;;;;;;;;;/h7-9,16-18,21-22H,5-6,10-15H2,1-4H3;7-13,15H,14H2,1-6H3;10-12,15-17H,9,13-14H2,1-8H3;3*3-8H,1-2H3;6*1H;;;/q3*-1;;;;;;;;;;3*+2/p-6. The predicted octanol–water partition coefficient (Wildman–Crippen LogP) is 29.7. The average molecular weight is 1930 g/mol.